The first-order valence-electron chi connectivity index (χ1n) is 12.4. The molecule has 0 aliphatic carbocycles. The molecule has 1 saturated heterocycles. The molecular formula is C29H31N5O2S. The molecule has 1 fully saturated rings. The van der Waals surface area contributed by atoms with Crippen LogP contribution in [0.1, 0.15) is 18.7 Å². The monoisotopic (exact) mass is 513 g/mol. The lowest BCUT2D eigenvalue weighted by Gasteiger charge is -2.39. The summed E-state index contributed by atoms with van der Waals surface area (Å²) in [6, 6.07) is 21.7. The van der Waals surface area contributed by atoms with E-state index in [0.717, 1.165) is 52.6 Å². The van der Waals surface area contributed by atoms with E-state index >= 15 is 0 Å². The number of benzene rings is 2. The molecule has 1 atom stereocenters. The van der Waals surface area contributed by atoms with Crippen molar-refractivity contribution in [3.05, 3.63) is 78.8 Å². The summed E-state index contributed by atoms with van der Waals surface area (Å²) in [7, 11) is 5.64. The molecule has 2 amide bonds. The molecule has 2 aromatic carbocycles. The number of aromatic nitrogens is 2. The number of pyridine rings is 1. The minimum absolute atomic E-state index is 0.130. The number of likely N-dealkylation sites (tertiary alicyclic amines) is 1. The van der Waals surface area contributed by atoms with Gasteiger partial charge in [0.15, 0.2) is 0 Å². The molecule has 3 heterocycles. The largest absolute Gasteiger partial charge is 0.497 e. The van der Waals surface area contributed by atoms with Gasteiger partial charge in [0.2, 0.25) is 0 Å². The first-order chi connectivity index (χ1) is 17.9. The second-order valence-electron chi connectivity index (χ2n) is 9.64. The number of ether oxygens (including phenoxy) is 1. The topological polar surface area (TPSA) is 62.1 Å². The van der Waals surface area contributed by atoms with E-state index in [1.54, 1.807) is 12.5 Å². The van der Waals surface area contributed by atoms with E-state index in [1.165, 1.54) is 0 Å². The summed E-state index contributed by atoms with van der Waals surface area (Å²) in [4.78, 5) is 22.3. The number of rotatable bonds is 6. The average molecular weight is 514 g/mol. The predicted molar refractivity (Wildman–Crippen MR) is 153 cm³/mol. The maximum atomic E-state index is 13.3. The van der Waals surface area contributed by atoms with Crippen LogP contribution in [-0.2, 0) is 5.41 Å². The lowest BCUT2D eigenvalue weighted by molar-refractivity contribution is 0.181. The van der Waals surface area contributed by atoms with E-state index < -0.39 is 5.41 Å². The molecule has 0 saturated carbocycles. The van der Waals surface area contributed by atoms with Crippen LogP contribution in [0.15, 0.2) is 72.9 Å². The third-order valence-corrected chi connectivity index (χ3v) is 7.48. The van der Waals surface area contributed by atoms with Crippen LogP contribution in [-0.4, -0.2) is 60.0 Å². The summed E-state index contributed by atoms with van der Waals surface area (Å²) >= 11 is 5.64. The Balaban J connectivity index is 1.46. The normalized spacial score (nSPS) is 17.4. The molecule has 5 rings (SSSR count). The van der Waals surface area contributed by atoms with Crippen molar-refractivity contribution in [3.63, 3.8) is 0 Å². The molecule has 2 aromatic heterocycles. The molecule has 1 aliphatic rings. The SMILES string of the molecule is COc1ccc(-c2nc([C@@]3(C=S)CCCN(C(=O)Nc4ccc(N(C)C)cc4)C3)n3ccccc23)cc1. The van der Waals surface area contributed by atoms with Gasteiger partial charge in [-0.05, 0) is 78.9 Å². The number of methoxy groups -OCH3 is 1. The Bertz CT molecular complexity index is 1410. The number of urea groups is 1. The number of hydrogen-bond donors (Lipinski definition) is 1. The third-order valence-electron chi connectivity index (χ3n) is 7.03. The van der Waals surface area contributed by atoms with Crippen molar-refractivity contribution in [2.75, 3.05) is 44.5 Å². The number of nitrogens with one attached hydrogen (secondary N) is 1. The number of thiocarbonyl (C=S) groups is 1. The molecular weight excluding hydrogens is 482 g/mol. The number of piperidine rings is 1. The minimum Gasteiger partial charge on any atom is -0.497 e. The molecule has 1 aliphatic heterocycles. The lowest BCUT2D eigenvalue weighted by Crippen LogP contribution is -2.51. The van der Waals surface area contributed by atoms with Gasteiger partial charge in [0.1, 0.15) is 11.6 Å². The smallest absolute Gasteiger partial charge is 0.321 e. The van der Waals surface area contributed by atoms with E-state index in [1.807, 2.05) is 90.8 Å². The summed E-state index contributed by atoms with van der Waals surface area (Å²) in [5.41, 5.74) is 4.19. The van der Waals surface area contributed by atoms with E-state index in [-0.39, 0.29) is 6.03 Å². The third kappa shape index (κ3) is 4.76. The maximum absolute atomic E-state index is 13.3. The number of anilines is 2. The Morgan fingerprint density at radius 3 is 2.54 bits per heavy atom. The Hall–Kier alpha value is -3.91. The summed E-state index contributed by atoms with van der Waals surface area (Å²) in [5, 5.41) is 4.86. The molecule has 8 heteroatoms. The van der Waals surface area contributed by atoms with Gasteiger partial charge in [-0.15, -0.1) is 0 Å². The van der Waals surface area contributed by atoms with Gasteiger partial charge >= 0.3 is 6.03 Å². The number of imidazole rings is 1. The highest BCUT2D eigenvalue weighted by atomic mass is 32.1. The highest BCUT2D eigenvalue weighted by Gasteiger charge is 2.41. The highest BCUT2D eigenvalue weighted by molar-refractivity contribution is 7.79. The minimum atomic E-state index is -0.547. The van der Waals surface area contributed by atoms with Crippen molar-refractivity contribution in [2.24, 2.45) is 0 Å². The zero-order valence-electron chi connectivity index (χ0n) is 21.3. The van der Waals surface area contributed by atoms with Crippen molar-refractivity contribution in [1.29, 1.82) is 0 Å². The molecule has 1 N–H and O–H groups in total. The Labute approximate surface area is 222 Å². The molecule has 0 spiro atoms. The fourth-order valence-electron chi connectivity index (χ4n) is 4.98. The molecule has 0 radical (unpaired) electrons. The fraction of sp³-hybridized carbons (Fsp3) is 0.276. The summed E-state index contributed by atoms with van der Waals surface area (Å²) in [5.74, 6) is 1.66. The second kappa shape index (κ2) is 10.2. The number of nitrogens with zero attached hydrogens (tertiary/aromatic N) is 4. The van der Waals surface area contributed by atoms with Gasteiger partial charge in [0.05, 0.1) is 23.7 Å². The van der Waals surface area contributed by atoms with Gasteiger partial charge in [0.25, 0.3) is 0 Å². The molecule has 7 nitrogen and oxygen atoms in total. The van der Waals surface area contributed by atoms with Crippen LogP contribution in [0.3, 0.4) is 0 Å². The van der Waals surface area contributed by atoms with Gasteiger partial charge in [-0.1, -0.05) is 18.3 Å². The van der Waals surface area contributed by atoms with Gasteiger partial charge in [-0.2, -0.15) is 0 Å². The van der Waals surface area contributed by atoms with Crippen molar-refractivity contribution in [3.8, 4) is 17.0 Å². The first kappa shape index (κ1) is 24.8. The van der Waals surface area contributed by atoms with Crippen LogP contribution in [0.25, 0.3) is 16.8 Å². The first-order valence-corrected chi connectivity index (χ1v) is 12.8. The molecule has 190 valence electrons. The summed E-state index contributed by atoms with van der Waals surface area (Å²) < 4.78 is 7.44. The molecule has 4 aromatic rings. The molecule has 0 bridgehead atoms. The van der Waals surface area contributed by atoms with Crippen LogP contribution in [0.2, 0.25) is 0 Å². The van der Waals surface area contributed by atoms with Crippen molar-refractivity contribution in [2.45, 2.75) is 18.3 Å². The Kier molecular flexibility index (Phi) is 6.84. The van der Waals surface area contributed by atoms with Crippen LogP contribution >= 0.6 is 12.2 Å². The van der Waals surface area contributed by atoms with Crippen molar-refractivity contribution < 1.29 is 9.53 Å². The Morgan fingerprint density at radius 1 is 1.11 bits per heavy atom. The van der Waals surface area contributed by atoms with Crippen molar-refractivity contribution >= 4 is 40.5 Å². The van der Waals surface area contributed by atoms with Crippen LogP contribution in [0.4, 0.5) is 16.2 Å². The predicted octanol–water partition coefficient (Wildman–Crippen LogP) is 5.64. The maximum Gasteiger partial charge on any atom is 0.321 e. The van der Waals surface area contributed by atoms with Gasteiger partial charge in [-0.3, -0.25) is 0 Å². The van der Waals surface area contributed by atoms with E-state index in [4.69, 9.17) is 21.9 Å². The van der Waals surface area contributed by atoms with Gasteiger partial charge in [0, 0.05) is 50.3 Å². The molecule has 37 heavy (non-hydrogen) atoms. The van der Waals surface area contributed by atoms with E-state index in [0.29, 0.717) is 13.1 Å². The zero-order chi connectivity index (χ0) is 26.0. The van der Waals surface area contributed by atoms with E-state index in [9.17, 15) is 4.79 Å². The number of amides is 2. The van der Waals surface area contributed by atoms with E-state index in [2.05, 4.69) is 15.8 Å². The zero-order valence-corrected chi connectivity index (χ0v) is 22.2. The number of carbonyl (C=O) groups excluding carboxylic acids is 1. The number of hydrogen-bond acceptors (Lipinski definition) is 5. The second-order valence-corrected chi connectivity index (χ2v) is 9.87. The molecule has 0 unspecified atom stereocenters. The van der Waals surface area contributed by atoms with Gasteiger partial charge < -0.3 is 24.3 Å². The fourth-order valence-corrected chi connectivity index (χ4v) is 5.28. The van der Waals surface area contributed by atoms with Crippen LogP contribution < -0.4 is 15.0 Å². The number of fused-ring (bicyclic) bond motifs is 1. The standard InChI is InChI=1S/C29H31N5O2S/c1-32(2)23-12-10-22(11-13-23)30-28(35)33-17-6-16-29(19-33,20-37)27-31-26(25-7-4-5-18-34(25)27)21-8-14-24(36-3)15-9-21/h4-5,7-15,18,20H,6,16-17,19H2,1-3H3,(H,30,35)/t29-/m0/s1. The number of carbonyl (C=O) groups is 1. The highest BCUT2D eigenvalue weighted by Crippen LogP contribution is 2.36. The van der Waals surface area contributed by atoms with Crippen molar-refractivity contribution in [1.82, 2.24) is 14.3 Å². The Morgan fingerprint density at radius 2 is 1.86 bits per heavy atom. The van der Waals surface area contributed by atoms with Crippen LogP contribution in [0.5, 0.6) is 5.75 Å². The quantitative estimate of drug-likeness (QED) is 0.338. The average Bonchev–Trinajstić information content (AvgIpc) is 3.34. The van der Waals surface area contributed by atoms with Crippen LogP contribution in [0, 0.1) is 0 Å². The lowest BCUT2D eigenvalue weighted by atomic mass is 9.81. The van der Waals surface area contributed by atoms with Gasteiger partial charge in [-0.25, -0.2) is 9.78 Å². The summed E-state index contributed by atoms with van der Waals surface area (Å²) in [6.07, 6.45) is 3.68. The summed E-state index contributed by atoms with van der Waals surface area (Å²) in [6.45, 7) is 1.13.